The Bertz CT molecular complexity index is 390. The number of benzene rings is 1. The van der Waals surface area contributed by atoms with Crippen LogP contribution in [-0.2, 0) is 6.42 Å². The highest BCUT2D eigenvalue weighted by atomic mass is 35.5. The molecule has 1 aromatic rings. The van der Waals surface area contributed by atoms with Crippen molar-refractivity contribution in [1.29, 1.82) is 0 Å². The zero-order valence-electron chi connectivity index (χ0n) is 12.3. The summed E-state index contributed by atoms with van der Waals surface area (Å²) in [6.07, 6.45) is 0.976. The first kappa shape index (κ1) is 16.8. The molecule has 0 radical (unpaired) electrons. The van der Waals surface area contributed by atoms with Crippen molar-refractivity contribution in [2.75, 3.05) is 13.1 Å². The summed E-state index contributed by atoms with van der Waals surface area (Å²) in [6, 6.07) is 5.70. The molecule has 3 heteroatoms. The zero-order chi connectivity index (χ0) is 14.4. The van der Waals surface area contributed by atoms with Gasteiger partial charge in [0.2, 0.25) is 0 Å². The Morgan fingerprint density at radius 2 is 1.68 bits per heavy atom. The SMILES string of the molecule is CC(C)CNCC(C)C(C)Cc1cc(Cl)ccc1Cl. The van der Waals surface area contributed by atoms with E-state index in [1.165, 1.54) is 0 Å². The molecule has 0 amide bonds. The molecule has 108 valence electrons. The van der Waals surface area contributed by atoms with Crippen molar-refractivity contribution in [3.63, 3.8) is 0 Å². The van der Waals surface area contributed by atoms with Crippen LogP contribution in [0.3, 0.4) is 0 Å². The second-order valence-corrected chi connectivity index (χ2v) is 6.79. The van der Waals surface area contributed by atoms with Crippen molar-refractivity contribution in [2.24, 2.45) is 17.8 Å². The fourth-order valence-corrected chi connectivity index (χ4v) is 2.44. The van der Waals surface area contributed by atoms with Gasteiger partial charge in [-0.3, -0.25) is 0 Å². The summed E-state index contributed by atoms with van der Waals surface area (Å²) in [5.41, 5.74) is 1.15. The second-order valence-electron chi connectivity index (χ2n) is 5.95. The van der Waals surface area contributed by atoms with Gasteiger partial charge in [0, 0.05) is 10.0 Å². The van der Waals surface area contributed by atoms with Crippen molar-refractivity contribution in [2.45, 2.75) is 34.1 Å². The molecule has 0 saturated carbocycles. The Balaban J connectivity index is 2.49. The maximum absolute atomic E-state index is 6.22. The van der Waals surface area contributed by atoms with Gasteiger partial charge in [-0.1, -0.05) is 50.9 Å². The van der Waals surface area contributed by atoms with Gasteiger partial charge in [0.25, 0.3) is 0 Å². The summed E-state index contributed by atoms with van der Waals surface area (Å²) >= 11 is 12.2. The van der Waals surface area contributed by atoms with E-state index in [9.17, 15) is 0 Å². The van der Waals surface area contributed by atoms with E-state index in [4.69, 9.17) is 23.2 Å². The Morgan fingerprint density at radius 1 is 1.00 bits per heavy atom. The summed E-state index contributed by atoms with van der Waals surface area (Å²) in [7, 11) is 0. The minimum Gasteiger partial charge on any atom is -0.316 e. The summed E-state index contributed by atoms with van der Waals surface area (Å²) in [4.78, 5) is 0. The molecule has 0 aliphatic carbocycles. The topological polar surface area (TPSA) is 12.0 Å². The lowest BCUT2D eigenvalue weighted by Gasteiger charge is -2.21. The van der Waals surface area contributed by atoms with Gasteiger partial charge in [-0.2, -0.15) is 0 Å². The maximum Gasteiger partial charge on any atom is 0.0439 e. The lowest BCUT2D eigenvalue weighted by atomic mass is 9.89. The fraction of sp³-hybridized carbons (Fsp3) is 0.625. The molecule has 0 aliphatic heterocycles. The van der Waals surface area contributed by atoms with Crippen LogP contribution in [0.4, 0.5) is 0 Å². The molecule has 0 aliphatic rings. The summed E-state index contributed by atoms with van der Waals surface area (Å²) in [6.45, 7) is 11.2. The smallest absolute Gasteiger partial charge is 0.0439 e. The normalized spacial score (nSPS) is 14.7. The molecule has 19 heavy (non-hydrogen) atoms. The first-order valence-electron chi connectivity index (χ1n) is 7.04. The minimum atomic E-state index is 0.579. The third-order valence-corrected chi connectivity index (χ3v) is 4.14. The third kappa shape index (κ3) is 6.16. The predicted octanol–water partition coefficient (Wildman–Crippen LogP) is 5.05. The van der Waals surface area contributed by atoms with E-state index in [1.54, 1.807) is 0 Å². The van der Waals surface area contributed by atoms with Gasteiger partial charge in [0.1, 0.15) is 0 Å². The summed E-state index contributed by atoms with van der Waals surface area (Å²) in [5.74, 6) is 1.90. The van der Waals surface area contributed by atoms with Crippen LogP contribution in [0.5, 0.6) is 0 Å². The molecule has 0 aromatic heterocycles. The molecule has 2 unspecified atom stereocenters. The molecular formula is C16H25Cl2N. The minimum absolute atomic E-state index is 0.579. The van der Waals surface area contributed by atoms with Crippen molar-refractivity contribution in [3.05, 3.63) is 33.8 Å². The van der Waals surface area contributed by atoms with E-state index < -0.39 is 0 Å². The molecule has 2 atom stereocenters. The van der Waals surface area contributed by atoms with Crippen LogP contribution >= 0.6 is 23.2 Å². The molecule has 1 N–H and O–H groups in total. The molecule has 1 rings (SSSR count). The average molecular weight is 302 g/mol. The largest absolute Gasteiger partial charge is 0.316 e. The monoisotopic (exact) mass is 301 g/mol. The highest BCUT2D eigenvalue weighted by Gasteiger charge is 2.14. The lowest BCUT2D eigenvalue weighted by molar-refractivity contribution is 0.357. The van der Waals surface area contributed by atoms with Gasteiger partial charge < -0.3 is 5.32 Å². The Labute approximate surface area is 127 Å². The molecule has 1 nitrogen and oxygen atoms in total. The summed E-state index contributed by atoms with van der Waals surface area (Å²) < 4.78 is 0. The van der Waals surface area contributed by atoms with Crippen molar-refractivity contribution in [1.82, 2.24) is 5.32 Å². The van der Waals surface area contributed by atoms with E-state index >= 15 is 0 Å². The Morgan fingerprint density at radius 3 is 2.32 bits per heavy atom. The Hall–Kier alpha value is -0.240. The Kier molecular flexibility index (Phi) is 7.20. The standard InChI is InChI=1S/C16H25Cl2N/c1-11(2)9-19-10-13(4)12(3)7-14-8-15(17)5-6-16(14)18/h5-6,8,11-13,19H,7,9-10H2,1-4H3. The molecule has 0 fully saturated rings. The molecule has 0 bridgehead atoms. The second kappa shape index (κ2) is 8.14. The number of halogens is 2. The van der Waals surface area contributed by atoms with E-state index in [2.05, 4.69) is 33.0 Å². The highest BCUT2D eigenvalue weighted by Crippen LogP contribution is 2.25. The van der Waals surface area contributed by atoms with E-state index in [0.29, 0.717) is 17.8 Å². The molecule has 1 aromatic carbocycles. The van der Waals surface area contributed by atoms with Crippen LogP contribution < -0.4 is 5.32 Å². The van der Waals surface area contributed by atoms with Crippen molar-refractivity contribution < 1.29 is 0 Å². The average Bonchev–Trinajstić information content (AvgIpc) is 2.33. The van der Waals surface area contributed by atoms with Crippen LogP contribution in [0.25, 0.3) is 0 Å². The van der Waals surface area contributed by atoms with Crippen LogP contribution in [-0.4, -0.2) is 13.1 Å². The number of hydrogen-bond acceptors (Lipinski definition) is 1. The van der Waals surface area contributed by atoms with Gasteiger partial charge in [-0.25, -0.2) is 0 Å². The van der Waals surface area contributed by atoms with Gasteiger partial charge >= 0.3 is 0 Å². The van der Waals surface area contributed by atoms with E-state index in [-0.39, 0.29) is 0 Å². The zero-order valence-corrected chi connectivity index (χ0v) is 13.9. The van der Waals surface area contributed by atoms with Gasteiger partial charge in [0.15, 0.2) is 0 Å². The molecule has 0 spiro atoms. The summed E-state index contributed by atoms with van der Waals surface area (Å²) in [5, 5.41) is 5.10. The van der Waals surface area contributed by atoms with E-state index in [1.807, 2.05) is 18.2 Å². The van der Waals surface area contributed by atoms with Gasteiger partial charge in [0.05, 0.1) is 0 Å². The maximum atomic E-state index is 6.22. The third-order valence-electron chi connectivity index (χ3n) is 3.54. The van der Waals surface area contributed by atoms with Gasteiger partial charge in [-0.15, -0.1) is 0 Å². The fourth-order valence-electron chi connectivity index (χ4n) is 2.05. The quantitative estimate of drug-likeness (QED) is 0.743. The highest BCUT2D eigenvalue weighted by molar-refractivity contribution is 6.33. The number of hydrogen-bond donors (Lipinski definition) is 1. The molecule has 0 saturated heterocycles. The molecular weight excluding hydrogens is 277 g/mol. The lowest BCUT2D eigenvalue weighted by Crippen LogP contribution is -2.28. The number of nitrogens with one attached hydrogen (secondary N) is 1. The van der Waals surface area contributed by atoms with Crippen molar-refractivity contribution in [3.8, 4) is 0 Å². The first-order chi connectivity index (χ1) is 8.90. The van der Waals surface area contributed by atoms with Crippen LogP contribution in [0, 0.1) is 17.8 Å². The van der Waals surface area contributed by atoms with Gasteiger partial charge in [-0.05, 0) is 61.0 Å². The van der Waals surface area contributed by atoms with Crippen LogP contribution in [0.15, 0.2) is 18.2 Å². The van der Waals surface area contributed by atoms with E-state index in [0.717, 1.165) is 35.1 Å². The van der Waals surface area contributed by atoms with Crippen LogP contribution in [0.1, 0.15) is 33.3 Å². The number of rotatable bonds is 7. The van der Waals surface area contributed by atoms with Crippen molar-refractivity contribution >= 4 is 23.2 Å². The van der Waals surface area contributed by atoms with Crippen LogP contribution in [0.2, 0.25) is 10.0 Å². The molecule has 0 heterocycles. The predicted molar refractivity (Wildman–Crippen MR) is 86.2 cm³/mol. The first-order valence-corrected chi connectivity index (χ1v) is 7.80.